The molecule has 0 fully saturated rings. The zero-order chi connectivity index (χ0) is 18.8. The van der Waals surface area contributed by atoms with Crippen molar-refractivity contribution in [3.05, 3.63) is 53.6 Å². The Labute approximate surface area is 146 Å². The normalized spacial score (nSPS) is 11.4. The summed E-state index contributed by atoms with van der Waals surface area (Å²) in [6.07, 6.45) is 0.282. The number of carbonyl (C=O) groups is 2. The molecule has 0 spiro atoms. The van der Waals surface area contributed by atoms with E-state index in [1.165, 1.54) is 26.2 Å². The van der Waals surface area contributed by atoms with Crippen molar-refractivity contribution in [2.45, 2.75) is 11.8 Å². The Hall–Kier alpha value is -2.71. The Bertz CT molecular complexity index is 922. The molecule has 0 saturated carbocycles. The maximum absolute atomic E-state index is 12.6. The van der Waals surface area contributed by atoms with Gasteiger partial charge in [0.15, 0.2) is 0 Å². The number of benzene rings is 2. The van der Waals surface area contributed by atoms with E-state index >= 15 is 0 Å². The molecule has 2 amide bonds. The molecule has 0 atom stereocenters. The van der Waals surface area contributed by atoms with E-state index in [1.807, 2.05) is 0 Å². The number of rotatable bonds is 5. The Balaban J connectivity index is 2.48. The van der Waals surface area contributed by atoms with Gasteiger partial charge in [0.1, 0.15) is 5.75 Å². The number of hydrogen-bond acceptors (Lipinski definition) is 5. The highest BCUT2D eigenvalue weighted by molar-refractivity contribution is 7.89. The van der Waals surface area contributed by atoms with E-state index in [0.717, 1.165) is 15.3 Å². The number of anilines is 1. The second-order valence-corrected chi connectivity index (χ2v) is 7.69. The van der Waals surface area contributed by atoms with Gasteiger partial charge in [0, 0.05) is 25.7 Å². The molecule has 7 nitrogen and oxygen atoms in total. The summed E-state index contributed by atoms with van der Waals surface area (Å²) >= 11 is 0. The van der Waals surface area contributed by atoms with Crippen LogP contribution in [-0.4, -0.2) is 44.2 Å². The van der Waals surface area contributed by atoms with Gasteiger partial charge in [-0.15, -0.1) is 0 Å². The number of nitrogens with zero attached hydrogens (tertiary/aromatic N) is 2. The average molecular weight is 362 g/mol. The molecular formula is C17H18N2O5S. The van der Waals surface area contributed by atoms with Gasteiger partial charge >= 0.3 is 0 Å². The van der Waals surface area contributed by atoms with E-state index in [9.17, 15) is 23.1 Å². The fraction of sp³-hybridized carbons (Fsp3) is 0.176. The number of amides is 2. The van der Waals surface area contributed by atoms with E-state index in [-0.39, 0.29) is 17.0 Å². The molecule has 132 valence electrons. The third-order valence-electron chi connectivity index (χ3n) is 3.68. The standard InChI is InChI=1S/C17H18N2O5S/c1-12-6-4-5-7-14(12)17(22)19(11-20)15-9-8-13(10-16(15)21)25(23,24)18(2)3/h4-11,21H,1-3H3. The summed E-state index contributed by atoms with van der Waals surface area (Å²) in [6, 6.07) is 10.2. The zero-order valence-electron chi connectivity index (χ0n) is 14.0. The van der Waals surface area contributed by atoms with Crippen LogP contribution in [-0.2, 0) is 14.8 Å². The van der Waals surface area contributed by atoms with Crippen LogP contribution in [0, 0.1) is 6.92 Å². The fourth-order valence-corrected chi connectivity index (χ4v) is 3.16. The van der Waals surface area contributed by atoms with Gasteiger partial charge in [-0.1, -0.05) is 18.2 Å². The molecule has 0 aliphatic rings. The third kappa shape index (κ3) is 3.54. The van der Waals surface area contributed by atoms with Crippen LogP contribution in [0.3, 0.4) is 0 Å². The molecule has 0 aliphatic carbocycles. The van der Waals surface area contributed by atoms with Crippen LogP contribution in [0.5, 0.6) is 5.75 Å². The predicted octanol–water partition coefficient (Wildman–Crippen LogP) is 1.75. The van der Waals surface area contributed by atoms with Crippen molar-refractivity contribution < 1.29 is 23.1 Å². The molecule has 0 bridgehead atoms. The summed E-state index contributed by atoms with van der Waals surface area (Å²) in [7, 11) is -1.02. The van der Waals surface area contributed by atoms with E-state index in [2.05, 4.69) is 0 Å². The lowest BCUT2D eigenvalue weighted by molar-refractivity contribution is -0.107. The van der Waals surface area contributed by atoms with Crippen LogP contribution in [0.15, 0.2) is 47.4 Å². The van der Waals surface area contributed by atoms with Crippen LogP contribution < -0.4 is 4.90 Å². The number of hydrogen-bond donors (Lipinski definition) is 1. The number of carbonyl (C=O) groups excluding carboxylic acids is 2. The Morgan fingerprint density at radius 3 is 2.28 bits per heavy atom. The maximum Gasteiger partial charge on any atom is 0.265 e. The minimum absolute atomic E-state index is 0.0963. The lowest BCUT2D eigenvalue weighted by Gasteiger charge is -2.19. The van der Waals surface area contributed by atoms with Gasteiger partial charge in [-0.3, -0.25) is 9.59 Å². The van der Waals surface area contributed by atoms with Crippen molar-refractivity contribution in [3.8, 4) is 5.75 Å². The monoisotopic (exact) mass is 362 g/mol. The second kappa shape index (κ2) is 7.04. The highest BCUT2D eigenvalue weighted by Gasteiger charge is 2.24. The Morgan fingerprint density at radius 1 is 1.12 bits per heavy atom. The summed E-state index contributed by atoms with van der Waals surface area (Å²) in [4.78, 5) is 24.6. The van der Waals surface area contributed by atoms with E-state index in [1.54, 1.807) is 31.2 Å². The molecule has 0 aliphatic heterocycles. The first-order valence-corrected chi connectivity index (χ1v) is 8.74. The number of aryl methyl sites for hydroxylation is 1. The molecule has 0 unspecified atom stereocenters. The van der Waals surface area contributed by atoms with E-state index in [4.69, 9.17) is 0 Å². The van der Waals surface area contributed by atoms with Crippen molar-refractivity contribution in [3.63, 3.8) is 0 Å². The van der Waals surface area contributed by atoms with Crippen LogP contribution in [0.25, 0.3) is 0 Å². The molecule has 2 rings (SSSR count). The zero-order valence-corrected chi connectivity index (χ0v) is 14.8. The smallest absolute Gasteiger partial charge is 0.265 e. The minimum Gasteiger partial charge on any atom is -0.506 e. The molecule has 8 heteroatoms. The summed E-state index contributed by atoms with van der Waals surface area (Å²) < 4.78 is 25.2. The van der Waals surface area contributed by atoms with Gasteiger partial charge < -0.3 is 5.11 Å². The van der Waals surface area contributed by atoms with E-state index in [0.29, 0.717) is 11.1 Å². The van der Waals surface area contributed by atoms with Crippen molar-refractivity contribution in [1.82, 2.24) is 4.31 Å². The van der Waals surface area contributed by atoms with Crippen LogP contribution >= 0.6 is 0 Å². The molecular weight excluding hydrogens is 344 g/mol. The predicted molar refractivity (Wildman–Crippen MR) is 93.0 cm³/mol. The van der Waals surface area contributed by atoms with Crippen LogP contribution in [0.1, 0.15) is 15.9 Å². The van der Waals surface area contributed by atoms with Crippen molar-refractivity contribution in [2.75, 3.05) is 19.0 Å². The first-order chi connectivity index (χ1) is 11.7. The summed E-state index contributed by atoms with van der Waals surface area (Å²) in [5, 5.41) is 10.2. The fourth-order valence-electron chi connectivity index (χ4n) is 2.23. The molecule has 0 saturated heterocycles. The SMILES string of the molecule is Cc1ccccc1C(=O)N(C=O)c1ccc(S(=O)(=O)N(C)C)cc1O. The molecule has 2 aromatic rings. The highest BCUT2D eigenvalue weighted by atomic mass is 32.2. The average Bonchev–Trinajstić information content (AvgIpc) is 2.56. The molecule has 0 radical (unpaired) electrons. The number of aromatic hydroxyl groups is 1. The second-order valence-electron chi connectivity index (χ2n) is 5.53. The Kier molecular flexibility index (Phi) is 5.24. The molecule has 25 heavy (non-hydrogen) atoms. The summed E-state index contributed by atoms with van der Waals surface area (Å²) in [5.74, 6) is -1.11. The van der Waals surface area contributed by atoms with Gasteiger partial charge in [0.2, 0.25) is 16.4 Å². The topological polar surface area (TPSA) is 95.0 Å². The molecule has 0 aromatic heterocycles. The molecule has 0 heterocycles. The Morgan fingerprint density at radius 2 is 1.76 bits per heavy atom. The van der Waals surface area contributed by atoms with Gasteiger partial charge in [-0.2, -0.15) is 0 Å². The van der Waals surface area contributed by atoms with Gasteiger partial charge in [-0.25, -0.2) is 17.6 Å². The number of phenolic OH excluding ortho intramolecular Hbond substituents is 1. The van der Waals surface area contributed by atoms with Gasteiger partial charge in [0.05, 0.1) is 10.6 Å². The van der Waals surface area contributed by atoms with Crippen molar-refractivity contribution >= 4 is 28.0 Å². The lowest BCUT2D eigenvalue weighted by Crippen LogP contribution is -2.30. The first-order valence-electron chi connectivity index (χ1n) is 7.30. The molecule has 2 aromatic carbocycles. The lowest BCUT2D eigenvalue weighted by atomic mass is 10.1. The van der Waals surface area contributed by atoms with Crippen molar-refractivity contribution in [1.29, 1.82) is 0 Å². The number of phenols is 1. The van der Waals surface area contributed by atoms with Gasteiger partial charge in [0.25, 0.3) is 5.91 Å². The minimum atomic E-state index is -3.75. The largest absolute Gasteiger partial charge is 0.506 e. The van der Waals surface area contributed by atoms with Crippen molar-refractivity contribution in [2.24, 2.45) is 0 Å². The first kappa shape index (κ1) is 18.6. The summed E-state index contributed by atoms with van der Waals surface area (Å²) in [5.41, 5.74) is 0.880. The molecule has 1 N–H and O–H groups in total. The third-order valence-corrected chi connectivity index (χ3v) is 5.50. The number of sulfonamides is 1. The van der Waals surface area contributed by atoms with Gasteiger partial charge in [-0.05, 0) is 30.7 Å². The van der Waals surface area contributed by atoms with Crippen LogP contribution in [0.2, 0.25) is 0 Å². The number of imide groups is 1. The van der Waals surface area contributed by atoms with Crippen LogP contribution in [0.4, 0.5) is 5.69 Å². The van der Waals surface area contributed by atoms with E-state index < -0.39 is 21.7 Å². The maximum atomic E-state index is 12.6. The summed E-state index contributed by atoms with van der Waals surface area (Å²) in [6.45, 7) is 1.73. The quantitative estimate of drug-likeness (QED) is 0.818. The highest BCUT2D eigenvalue weighted by Crippen LogP contribution is 2.31.